The van der Waals surface area contributed by atoms with Gasteiger partial charge in [0.15, 0.2) is 0 Å². The first kappa shape index (κ1) is 22.0. The summed E-state index contributed by atoms with van der Waals surface area (Å²) in [5, 5.41) is 3.07. The van der Waals surface area contributed by atoms with Crippen LogP contribution in [0.2, 0.25) is 0 Å². The summed E-state index contributed by atoms with van der Waals surface area (Å²) in [6, 6.07) is 13.3. The third-order valence-electron chi connectivity index (χ3n) is 5.67. The molecule has 0 radical (unpaired) electrons. The largest absolute Gasteiger partial charge is 0.493 e. The van der Waals surface area contributed by atoms with Crippen LogP contribution in [-0.4, -0.2) is 35.7 Å². The van der Waals surface area contributed by atoms with Crippen LogP contribution in [0.1, 0.15) is 46.6 Å². The standard InChI is InChI=1S/C26H29N3O3/c1-17-4-7-25(28-13-17)22-10-23(12-24(11-22)32-16-20-8-9-31-15-20)26(30)29-19(3)21-6-5-18(2)27-14-21/h4-7,10-14,19-20H,8-9,15-16H2,1-3H3,(H,29,30). The average molecular weight is 432 g/mol. The van der Waals surface area contributed by atoms with Gasteiger partial charge in [-0.3, -0.25) is 14.8 Å². The lowest BCUT2D eigenvalue weighted by atomic mass is 10.0. The highest BCUT2D eigenvalue weighted by Crippen LogP contribution is 2.27. The quantitative estimate of drug-likeness (QED) is 0.589. The average Bonchev–Trinajstić information content (AvgIpc) is 3.32. The summed E-state index contributed by atoms with van der Waals surface area (Å²) < 4.78 is 11.5. The van der Waals surface area contributed by atoms with E-state index in [1.807, 2.05) is 63.4 Å². The first-order valence-electron chi connectivity index (χ1n) is 11.0. The lowest BCUT2D eigenvalue weighted by molar-refractivity contribution is 0.0939. The van der Waals surface area contributed by atoms with E-state index < -0.39 is 0 Å². The third kappa shape index (κ3) is 5.51. The maximum atomic E-state index is 13.1. The SMILES string of the molecule is Cc1ccc(-c2cc(OCC3CCOC3)cc(C(=O)NC(C)c3ccc(C)nc3)c2)nc1. The fourth-order valence-corrected chi connectivity index (χ4v) is 3.63. The Bertz CT molecular complexity index is 1060. The summed E-state index contributed by atoms with van der Waals surface area (Å²) >= 11 is 0. The van der Waals surface area contributed by atoms with Crippen molar-refractivity contribution in [3.63, 3.8) is 0 Å². The van der Waals surface area contributed by atoms with Crippen molar-refractivity contribution in [2.75, 3.05) is 19.8 Å². The fraction of sp³-hybridized carbons (Fsp3) is 0.346. The van der Waals surface area contributed by atoms with Crippen LogP contribution in [0.4, 0.5) is 0 Å². The van der Waals surface area contributed by atoms with Gasteiger partial charge in [-0.05, 0) is 68.7 Å². The molecule has 3 heterocycles. The molecule has 3 aromatic rings. The van der Waals surface area contributed by atoms with Gasteiger partial charge in [0.1, 0.15) is 5.75 Å². The van der Waals surface area contributed by atoms with E-state index in [0.717, 1.165) is 41.1 Å². The van der Waals surface area contributed by atoms with E-state index in [4.69, 9.17) is 9.47 Å². The third-order valence-corrected chi connectivity index (χ3v) is 5.67. The maximum absolute atomic E-state index is 13.1. The lowest BCUT2D eigenvalue weighted by Gasteiger charge is -2.16. The molecule has 0 aliphatic carbocycles. The number of hydrogen-bond acceptors (Lipinski definition) is 5. The number of pyridine rings is 2. The van der Waals surface area contributed by atoms with Gasteiger partial charge in [-0.25, -0.2) is 0 Å². The van der Waals surface area contributed by atoms with Crippen LogP contribution >= 0.6 is 0 Å². The molecule has 4 rings (SSSR count). The van der Waals surface area contributed by atoms with Crippen LogP contribution in [-0.2, 0) is 4.74 Å². The Morgan fingerprint density at radius 1 is 1.16 bits per heavy atom. The number of amides is 1. The van der Waals surface area contributed by atoms with Crippen LogP contribution in [0, 0.1) is 19.8 Å². The molecule has 166 valence electrons. The summed E-state index contributed by atoms with van der Waals surface area (Å²) in [5.74, 6) is 0.871. The molecule has 6 nitrogen and oxygen atoms in total. The Labute approximate surface area is 189 Å². The van der Waals surface area contributed by atoms with Gasteiger partial charge < -0.3 is 14.8 Å². The van der Waals surface area contributed by atoms with Gasteiger partial charge in [-0.1, -0.05) is 12.1 Å². The number of rotatable bonds is 7. The summed E-state index contributed by atoms with van der Waals surface area (Å²) in [7, 11) is 0. The highest BCUT2D eigenvalue weighted by Gasteiger charge is 2.18. The molecule has 32 heavy (non-hydrogen) atoms. The Morgan fingerprint density at radius 2 is 2.03 bits per heavy atom. The van der Waals surface area contributed by atoms with Gasteiger partial charge in [0.25, 0.3) is 5.91 Å². The van der Waals surface area contributed by atoms with Crippen LogP contribution in [0.3, 0.4) is 0 Å². The van der Waals surface area contributed by atoms with Crippen LogP contribution in [0.5, 0.6) is 5.75 Å². The Kier molecular flexibility index (Phi) is 6.81. The van der Waals surface area contributed by atoms with Crippen molar-refractivity contribution in [1.29, 1.82) is 0 Å². The van der Waals surface area contributed by atoms with Gasteiger partial charge in [0.05, 0.1) is 24.9 Å². The number of benzene rings is 1. The van der Waals surface area contributed by atoms with E-state index in [1.165, 1.54) is 0 Å². The molecule has 1 aromatic carbocycles. The van der Waals surface area contributed by atoms with Crippen LogP contribution in [0.15, 0.2) is 54.9 Å². The number of carbonyl (C=O) groups is 1. The number of ether oxygens (including phenoxy) is 2. The van der Waals surface area contributed by atoms with Crippen molar-refractivity contribution >= 4 is 5.91 Å². The van der Waals surface area contributed by atoms with Gasteiger partial charge in [-0.2, -0.15) is 0 Å². The first-order chi connectivity index (χ1) is 15.5. The number of aryl methyl sites for hydroxylation is 2. The van der Waals surface area contributed by atoms with E-state index in [0.29, 0.717) is 30.4 Å². The minimum atomic E-state index is -0.170. The molecule has 0 saturated carbocycles. The molecule has 1 aliphatic rings. The van der Waals surface area contributed by atoms with Crippen molar-refractivity contribution in [3.8, 4) is 17.0 Å². The molecule has 2 aromatic heterocycles. The molecule has 1 aliphatic heterocycles. The van der Waals surface area contributed by atoms with Gasteiger partial charge in [0, 0.05) is 41.7 Å². The second-order valence-corrected chi connectivity index (χ2v) is 8.44. The summed E-state index contributed by atoms with van der Waals surface area (Å²) in [6.45, 7) is 7.96. The molecule has 0 spiro atoms. The highest BCUT2D eigenvalue weighted by atomic mass is 16.5. The number of aromatic nitrogens is 2. The summed E-state index contributed by atoms with van der Waals surface area (Å²) in [5.41, 5.74) is 5.17. The van der Waals surface area contributed by atoms with Crippen molar-refractivity contribution in [2.45, 2.75) is 33.2 Å². The molecule has 0 bridgehead atoms. The Hall–Kier alpha value is -3.25. The topological polar surface area (TPSA) is 73.3 Å². The van der Waals surface area contributed by atoms with E-state index >= 15 is 0 Å². The zero-order valence-electron chi connectivity index (χ0n) is 18.8. The molecule has 1 saturated heterocycles. The minimum Gasteiger partial charge on any atom is -0.493 e. The molecule has 6 heteroatoms. The normalized spacial score (nSPS) is 16.5. The number of carbonyl (C=O) groups excluding carboxylic acids is 1. The number of hydrogen-bond donors (Lipinski definition) is 1. The van der Waals surface area contributed by atoms with Gasteiger partial charge in [-0.15, -0.1) is 0 Å². The van der Waals surface area contributed by atoms with Gasteiger partial charge >= 0.3 is 0 Å². The molecule has 1 fully saturated rings. The van der Waals surface area contributed by atoms with Crippen molar-refractivity contribution in [2.24, 2.45) is 5.92 Å². The Morgan fingerprint density at radius 3 is 2.72 bits per heavy atom. The molecule has 1 N–H and O–H groups in total. The van der Waals surface area contributed by atoms with Crippen molar-refractivity contribution in [3.05, 3.63) is 77.2 Å². The highest BCUT2D eigenvalue weighted by molar-refractivity contribution is 5.96. The van der Waals surface area contributed by atoms with Crippen LogP contribution < -0.4 is 10.1 Å². The van der Waals surface area contributed by atoms with Crippen molar-refractivity contribution < 1.29 is 14.3 Å². The Balaban J connectivity index is 1.57. The first-order valence-corrected chi connectivity index (χ1v) is 11.0. The lowest BCUT2D eigenvalue weighted by Crippen LogP contribution is -2.26. The molecular formula is C26H29N3O3. The van der Waals surface area contributed by atoms with Crippen molar-refractivity contribution in [1.82, 2.24) is 15.3 Å². The minimum absolute atomic E-state index is 0.166. The van der Waals surface area contributed by atoms with E-state index in [1.54, 1.807) is 12.3 Å². The predicted octanol–water partition coefficient (Wildman–Crippen LogP) is 4.67. The predicted molar refractivity (Wildman–Crippen MR) is 124 cm³/mol. The van der Waals surface area contributed by atoms with E-state index in [9.17, 15) is 4.79 Å². The monoisotopic (exact) mass is 431 g/mol. The van der Waals surface area contributed by atoms with E-state index in [-0.39, 0.29) is 11.9 Å². The smallest absolute Gasteiger partial charge is 0.251 e. The number of nitrogens with one attached hydrogen (secondary N) is 1. The number of nitrogens with zero attached hydrogens (tertiary/aromatic N) is 2. The second-order valence-electron chi connectivity index (χ2n) is 8.44. The fourth-order valence-electron chi connectivity index (χ4n) is 3.63. The molecule has 2 unspecified atom stereocenters. The second kappa shape index (κ2) is 9.92. The molecule has 2 atom stereocenters. The van der Waals surface area contributed by atoms with E-state index in [2.05, 4.69) is 15.3 Å². The summed E-state index contributed by atoms with van der Waals surface area (Å²) in [4.78, 5) is 22.0. The molecule has 1 amide bonds. The maximum Gasteiger partial charge on any atom is 0.251 e. The zero-order chi connectivity index (χ0) is 22.5. The van der Waals surface area contributed by atoms with Crippen LogP contribution in [0.25, 0.3) is 11.3 Å². The molecular weight excluding hydrogens is 402 g/mol. The van der Waals surface area contributed by atoms with Gasteiger partial charge in [0.2, 0.25) is 0 Å². The zero-order valence-corrected chi connectivity index (χ0v) is 18.8. The summed E-state index contributed by atoms with van der Waals surface area (Å²) in [6.07, 6.45) is 4.62.